The largest absolute Gasteiger partial charge is 0.381 e. The zero-order chi connectivity index (χ0) is 29.6. The van der Waals surface area contributed by atoms with Gasteiger partial charge in [0.05, 0.1) is 17.8 Å². The van der Waals surface area contributed by atoms with Crippen LogP contribution in [0.5, 0.6) is 0 Å². The Labute approximate surface area is 246 Å². The number of hydrogen-bond donors (Lipinski definition) is 0. The van der Waals surface area contributed by atoms with Crippen LogP contribution in [-0.4, -0.2) is 50.2 Å². The number of ether oxygens (including phenoxy) is 1. The molecule has 0 radical (unpaired) electrons. The van der Waals surface area contributed by atoms with Crippen molar-refractivity contribution in [3.63, 3.8) is 0 Å². The van der Waals surface area contributed by atoms with Crippen molar-refractivity contribution in [2.75, 3.05) is 25.2 Å². The number of carbonyl (C=O) groups is 1. The van der Waals surface area contributed by atoms with E-state index < -0.39 is 15.3 Å². The first kappa shape index (κ1) is 28.5. The van der Waals surface area contributed by atoms with Crippen molar-refractivity contribution in [1.29, 1.82) is 0 Å². The maximum atomic E-state index is 14.0. The molecule has 2 aliphatic heterocycles. The molecule has 1 saturated heterocycles. The molecular formula is C34H35FN2O4S. The highest BCUT2D eigenvalue weighted by Gasteiger charge is 2.30. The van der Waals surface area contributed by atoms with Gasteiger partial charge in [-0.25, -0.2) is 12.8 Å². The van der Waals surface area contributed by atoms with Crippen LogP contribution in [0.3, 0.4) is 0 Å². The van der Waals surface area contributed by atoms with E-state index in [9.17, 15) is 17.6 Å². The van der Waals surface area contributed by atoms with Crippen molar-refractivity contribution in [3.8, 4) is 16.8 Å². The standard InChI is InChI=1S/C34H35FN2O4S/c1-34(2,21-42(3,39)40)18-31(38)22-4-6-23(7-5-22)32-29-16-25-19-36-20-26(25)17-30(29)37(28-10-8-27(35)9-11-28)33(32)24-12-14-41-15-13-24/h4-11,16-17,20,24H,12-15,18-19,21H2,1-3H3. The maximum Gasteiger partial charge on any atom is 0.163 e. The van der Waals surface area contributed by atoms with E-state index >= 15 is 0 Å². The van der Waals surface area contributed by atoms with Crippen molar-refractivity contribution >= 4 is 32.7 Å². The Kier molecular flexibility index (Phi) is 7.39. The highest BCUT2D eigenvalue weighted by molar-refractivity contribution is 7.90. The van der Waals surface area contributed by atoms with E-state index in [2.05, 4.69) is 21.7 Å². The van der Waals surface area contributed by atoms with Crippen LogP contribution in [0.2, 0.25) is 0 Å². The second kappa shape index (κ2) is 10.9. The molecule has 0 saturated carbocycles. The van der Waals surface area contributed by atoms with Crippen LogP contribution in [0.15, 0.2) is 65.7 Å². The molecule has 42 heavy (non-hydrogen) atoms. The minimum Gasteiger partial charge on any atom is -0.381 e. The average molecular weight is 587 g/mol. The highest BCUT2D eigenvalue weighted by atomic mass is 32.2. The number of carbonyl (C=O) groups excluding carboxylic acids is 1. The lowest BCUT2D eigenvalue weighted by Crippen LogP contribution is -2.26. The minimum atomic E-state index is -3.21. The first-order chi connectivity index (χ1) is 20.0. The van der Waals surface area contributed by atoms with Crippen LogP contribution in [-0.2, 0) is 21.1 Å². The number of rotatable bonds is 8. The van der Waals surface area contributed by atoms with Crippen molar-refractivity contribution in [2.45, 2.75) is 45.6 Å². The summed E-state index contributed by atoms with van der Waals surface area (Å²) >= 11 is 0. The quantitative estimate of drug-likeness (QED) is 0.210. The third-order valence-electron chi connectivity index (χ3n) is 8.24. The molecule has 0 unspecified atom stereocenters. The molecular weight excluding hydrogens is 551 g/mol. The Hall–Kier alpha value is -3.62. The second-order valence-electron chi connectivity index (χ2n) is 12.4. The van der Waals surface area contributed by atoms with E-state index in [1.807, 2.05) is 56.5 Å². The molecule has 6 nitrogen and oxygen atoms in total. The van der Waals surface area contributed by atoms with Gasteiger partial charge in [0.25, 0.3) is 0 Å². The number of halogens is 1. The molecule has 3 aromatic carbocycles. The number of sulfone groups is 1. The number of hydrogen-bond acceptors (Lipinski definition) is 5. The molecule has 0 atom stereocenters. The van der Waals surface area contributed by atoms with Crippen molar-refractivity contribution < 1.29 is 22.3 Å². The molecule has 1 aromatic heterocycles. The fourth-order valence-electron chi connectivity index (χ4n) is 6.56. The summed E-state index contributed by atoms with van der Waals surface area (Å²) in [6.45, 7) is 5.61. The first-order valence-corrected chi connectivity index (χ1v) is 16.4. The van der Waals surface area contributed by atoms with E-state index in [1.54, 1.807) is 0 Å². The number of ketones is 1. The molecule has 0 amide bonds. The number of aromatic nitrogens is 1. The van der Waals surface area contributed by atoms with Gasteiger partial charge in [-0.1, -0.05) is 38.1 Å². The van der Waals surface area contributed by atoms with Gasteiger partial charge in [0, 0.05) is 65.9 Å². The normalized spacial score (nSPS) is 15.8. The minimum absolute atomic E-state index is 0.0464. The third-order valence-corrected chi connectivity index (χ3v) is 9.54. The summed E-state index contributed by atoms with van der Waals surface area (Å²) in [5, 5.41) is 1.10. The van der Waals surface area contributed by atoms with E-state index in [0.717, 1.165) is 51.8 Å². The van der Waals surface area contributed by atoms with Crippen LogP contribution in [0.4, 0.5) is 4.39 Å². The monoisotopic (exact) mass is 586 g/mol. The van der Waals surface area contributed by atoms with E-state index in [-0.39, 0.29) is 29.7 Å². The first-order valence-electron chi connectivity index (χ1n) is 14.4. The molecule has 0 N–H and O–H groups in total. The maximum absolute atomic E-state index is 14.0. The Morgan fingerprint density at radius 3 is 2.40 bits per heavy atom. The molecule has 2 aliphatic rings. The smallest absolute Gasteiger partial charge is 0.163 e. The average Bonchev–Trinajstić information content (AvgIpc) is 3.53. The Balaban J connectivity index is 1.49. The van der Waals surface area contributed by atoms with Crippen LogP contribution >= 0.6 is 0 Å². The number of nitrogens with zero attached hydrogens (tertiary/aromatic N) is 2. The third kappa shape index (κ3) is 5.70. The lowest BCUT2D eigenvalue weighted by Gasteiger charge is -2.26. The van der Waals surface area contributed by atoms with Crippen molar-refractivity contribution in [1.82, 2.24) is 4.57 Å². The fraction of sp³-hybridized carbons (Fsp3) is 0.353. The summed E-state index contributed by atoms with van der Waals surface area (Å²) in [7, 11) is -3.21. The predicted octanol–water partition coefficient (Wildman–Crippen LogP) is 6.91. The molecule has 3 heterocycles. The van der Waals surface area contributed by atoms with Gasteiger partial charge < -0.3 is 9.30 Å². The van der Waals surface area contributed by atoms with Gasteiger partial charge in [0.2, 0.25) is 0 Å². The van der Waals surface area contributed by atoms with Gasteiger partial charge in [-0.05, 0) is 71.3 Å². The van der Waals surface area contributed by atoms with Gasteiger partial charge in [0.15, 0.2) is 5.78 Å². The van der Waals surface area contributed by atoms with Crippen LogP contribution in [0.1, 0.15) is 66.2 Å². The van der Waals surface area contributed by atoms with Crippen LogP contribution in [0, 0.1) is 11.2 Å². The molecule has 0 spiro atoms. The summed E-state index contributed by atoms with van der Waals surface area (Å²) in [4.78, 5) is 17.7. The second-order valence-corrected chi connectivity index (χ2v) is 14.5. The van der Waals surface area contributed by atoms with Crippen LogP contribution < -0.4 is 0 Å². The molecule has 6 rings (SSSR count). The van der Waals surface area contributed by atoms with Crippen LogP contribution in [0.25, 0.3) is 27.7 Å². The molecule has 8 heteroatoms. The number of aliphatic imine (C=N–C) groups is 1. The highest BCUT2D eigenvalue weighted by Crippen LogP contribution is 2.44. The summed E-state index contributed by atoms with van der Waals surface area (Å²) < 4.78 is 45.8. The summed E-state index contributed by atoms with van der Waals surface area (Å²) in [5.41, 5.74) is 7.34. The number of fused-ring (bicyclic) bond motifs is 2. The molecule has 0 aliphatic carbocycles. The summed E-state index contributed by atoms with van der Waals surface area (Å²) in [6.07, 6.45) is 5.00. The fourth-order valence-corrected chi connectivity index (χ4v) is 8.08. The van der Waals surface area contributed by atoms with Crippen molar-refractivity contribution in [2.24, 2.45) is 10.4 Å². The molecule has 218 valence electrons. The van der Waals surface area contributed by atoms with Gasteiger partial charge in [-0.3, -0.25) is 9.79 Å². The summed E-state index contributed by atoms with van der Waals surface area (Å²) in [5.74, 6) is -0.178. The molecule has 1 fully saturated rings. The lowest BCUT2D eigenvalue weighted by atomic mass is 9.86. The SMILES string of the molecule is CC(C)(CC(=O)c1ccc(-c2c(C3CCOCC3)n(-c3ccc(F)cc3)c3cc4c(cc23)CN=C4)cc1)CS(C)(=O)=O. The Morgan fingerprint density at radius 1 is 1.05 bits per heavy atom. The van der Waals surface area contributed by atoms with E-state index in [0.29, 0.717) is 25.3 Å². The number of benzene rings is 3. The van der Waals surface area contributed by atoms with E-state index in [4.69, 9.17) is 4.74 Å². The predicted molar refractivity (Wildman–Crippen MR) is 165 cm³/mol. The molecule has 0 bridgehead atoms. The lowest BCUT2D eigenvalue weighted by molar-refractivity contribution is 0.0843. The van der Waals surface area contributed by atoms with Gasteiger partial charge in [-0.2, -0.15) is 0 Å². The van der Waals surface area contributed by atoms with Crippen molar-refractivity contribution in [3.05, 3.63) is 88.9 Å². The summed E-state index contributed by atoms with van der Waals surface area (Å²) in [6, 6.07) is 18.7. The zero-order valence-corrected chi connectivity index (χ0v) is 25.0. The van der Waals surface area contributed by atoms with Gasteiger partial charge in [0.1, 0.15) is 15.7 Å². The van der Waals surface area contributed by atoms with Gasteiger partial charge in [-0.15, -0.1) is 0 Å². The van der Waals surface area contributed by atoms with E-state index in [1.165, 1.54) is 24.0 Å². The Morgan fingerprint density at radius 2 is 1.74 bits per heavy atom. The molecule has 4 aromatic rings. The topological polar surface area (TPSA) is 77.7 Å². The Bertz CT molecular complexity index is 1800. The number of Topliss-reactive ketones (excluding diaryl/α,β-unsaturated/α-hetero) is 1. The zero-order valence-electron chi connectivity index (χ0n) is 24.2. The van der Waals surface area contributed by atoms with Gasteiger partial charge >= 0.3 is 0 Å².